The molecule has 0 aromatic carbocycles. The molecule has 8 saturated carbocycles. The highest BCUT2D eigenvalue weighted by Crippen LogP contribution is 2.65. The lowest BCUT2D eigenvalue weighted by Crippen LogP contribution is -2.55. The Labute approximate surface area is 766 Å². The first kappa shape index (κ1) is 134. The first-order valence-electron chi connectivity index (χ1n) is 49.3. The van der Waals surface area contributed by atoms with Crippen LogP contribution < -0.4 is 0 Å². The van der Waals surface area contributed by atoms with Crippen LogP contribution in [-0.4, -0.2) is 48.9 Å². The van der Waals surface area contributed by atoms with Gasteiger partial charge in [0, 0.05) is 0 Å². The highest BCUT2D eigenvalue weighted by atomic mass is 19.4. The van der Waals surface area contributed by atoms with Crippen LogP contribution in [0.5, 0.6) is 0 Å². The molecule has 772 valence electrons. The van der Waals surface area contributed by atoms with E-state index < -0.39 is 109 Å². The normalized spacial score (nSPS) is 23.9. The average Bonchev–Trinajstić information content (AvgIpc) is 0.745. The molecule has 1 spiro atoms. The Balaban J connectivity index is -0.000000434. The predicted octanol–water partition coefficient (Wildman–Crippen LogP) is 42.3. The Hall–Kier alpha value is -1.54. The van der Waals surface area contributed by atoms with Crippen LogP contribution in [0.4, 0.5) is 96.6 Å². The van der Waals surface area contributed by atoms with E-state index in [1.807, 2.05) is 6.92 Å². The van der Waals surface area contributed by atoms with E-state index in [2.05, 4.69) is 242 Å². The summed E-state index contributed by atoms with van der Waals surface area (Å²) in [5.74, 6) is 2.92. The summed E-state index contributed by atoms with van der Waals surface area (Å²) >= 11 is 0. The van der Waals surface area contributed by atoms with Crippen molar-refractivity contribution in [2.45, 2.75) is 532 Å². The molecule has 8 aliphatic rings. The van der Waals surface area contributed by atoms with Gasteiger partial charge in [0.15, 0.2) is 16.2 Å². The molecular weight excluding hydrogens is 1680 g/mol. The molecule has 0 aromatic rings. The number of alkyl halides is 22. The summed E-state index contributed by atoms with van der Waals surface area (Å²) in [5, 5.41) is 0. The first-order chi connectivity index (χ1) is 56.1. The van der Waals surface area contributed by atoms with Gasteiger partial charge in [-0.25, -0.2) is 4.39 Å². The van der Waals surface area contributed by atoms with Crippen LogP contribution in [0.15, 0.2) is 0 Å². The Kier molecular flexibility index (Phi) is 56.3. The van der Waals surface area contributed by atoms with E-state index in [0.29, 0.717) is 68.5 Å². The molecule has 0 nitrogen and oxygen atoms in total. The molecule has 2 bridgehead atoms. The Morgan fingerprint density at radius 1 is 0.346 bits per heavy atom. The first-order valence-corrected chi connectivity index (χ1v) is 49.3. The summed E-state index contributed by atoms with van der Waals surface area (Å²) < 4.78 is 279. The molecule has 8 rings (SSSR count). The molecule has 5 atom stereocenters. The monoisotopic (exact) mass is 1880 g/mol. The van der Waals surface area contributed by atoms with Gasteiger partial charge < -0.3 is 0 Å². The van der Waals surface area contributed by atoms with Crippen LogP contribution in [0.3, 0.4) is 0 Å². The minimum atomic E-state index is -5.20. The van der Waals surface area contributed by atoms with E-state index in [4.69, 9.17) is 0 Å². The van der Waals surface area contributed by atoms with Crippen LogP contribution in [0, 0.1) is 142 Å². The maximum absolute atomic E-state index is 13.6. The second-order valence-electron chi connectivity index (χ2n) is 49.5. The van der Waals surface area contributed by atoms with Gasteiger partial charge in [0.25, 0.3) is 0 Å². The molecule has 8 fully saturated rings. The summed E-state index contributed by atoms with van der Waals surface area (Å²) in [6.45, 7) is 88.6. The van der Waals surface area contributed by atoms with Crippen LogP contribution in [0.25, 0.3) is 0 Å². The largest absolute Gasteiger partial charge is 0.403 e. The van der Waals surface area contributed by atoms with Gasteiger partial charge in [0.05, 0.1) is 5.92 Å². The quantitative estimate of drug-likeness (QED) is 0.213. The number of halogens is 22. The Morgan fingerprint density at radius 3 is 0.858 bits per heavy atom. The van der Waals surface area contributed by atoms with Crippen molar-refractivity contribution in [1.82, 2.24) is 0 Å². The van der Waals surface area contributed by atoms with Crippen molar-refractivity contribution < 1.29 is 96.6 Å². The van der Waals surface area contributed by atoms with Gasteiger partial charge in [-0.05, 0) is 256 Å². The third-order valence-electron chi connectivity index (χ3n) is 31.0. The molecular formula is C105H198F22. The van der Waals surface area contributed by atoms with Crippen LogP contribution >= 0.6 is 0 Å². The number of rotatable bonds is 8. The summed E-state index contributed by atoms with van der Waals surface area (Å²) in [7, 11) is 0. The van der Waals surface area contributed by atoms with Crippen LogP contribution in [-0.2, 0) is 0 Å². The average molecular weight is 1880 g/mol. The smallest absolute Gasteiger partial charge is 0.244 e. The Morgan fingerprint density at radius 2 is 0.685 bits per heavy atom. The molecule has 0 saturated heterocycles. The van der Waals surface area contributed by atoms with Crippen molar-refractivity contribution in [2.24, 2.45) is 142 Å². The summed E-state index contributed by atoms with van der Waals surface area (Å²) in [5.41, 5.74) is -7.41. The topological polar surface area (TPSA) is 0 Å². The Bertz CT molecular complexity index is 2710. The molecule has 0 heterocycles. The van der Waals surface area contributed by atoms with E-state index in [0.717, 1.165) is 74.5 Å². The second kappa shape index (κ2) is 53.4. The van der Waals surface area contributed by atoms with E-state index in [-0.39, 0.29) is 67.6 Å². The van der Waals surface area contributed by atoms with E-state index in [9.17, 15) is 96.6 Å². The maximum Gasteiger partial charge on any atom is 0.403 e. The molecule has 0 aliphatic heterocycles. The second-order valence-corrected chi connectivity index (χ2v) is 49.5. The fourth-order valence-electron chi connectivity index (χ4n) is 19.0. The third-order valence-corrected chi connectivity index (χ3v) is 31.0. The van der Waals surface area contributed by atoms with Gasteiger partial charge in [-0.2, -0.15) is 92.2 Å². The van der Waals surface area contributed by atoms with Crippen molar-refractivity contribution >= 4 is 0 Å². The van der Waals surface area contributed by atoms with E-state index in [1.165, 1.54) is 77.0 Å². The van der Waals surface area contributed by atoms with Crippen molar-refractivity contribution in [1.29, 1.82) is 0 Å². The lowest BCUT2D eigenvalue weighted by Gasteiger charge is -2.49. The summed E-state index contributed by atoms with van der Waals surface area (Å²) in [6.07, 6.45) is -16.6. The van der Waals surface area contributed by atoms with Gasteiger partial charge in [0.1, 0.15) is 5.67 Å². The SMILES string of the molecule is CC(C)(C)C.CC(C)C(C(C)C)C(C)(C)F.CC(C)C(C)(C)C.CC1CCC(C(F)(F)F)(C(F)(F)F)CC1.CC1CCC2(CC1)CCC(C(F)(F)F)(C(F)(F)F)CC2.CC1CCCC(C(F)(F)F)[C@@H]1C.CCC(C)(C)C.CCC(C)(CC)C(C)(C)C.CCC(CC)C(C)(C)C.CCCC(C)(C)C.C[C@@H]1CCCCC1(C(F)(F)F)C(F)(F)F.C[C@H]1CC2CCC1(C)CC2. The van der Waals surface area contributed by atoms with Gasteiger partial charge in [-0.15, -0.1) is 0 Å². The fraction of sp³-hybridized carbons (Fsp3) is 1.00. The molecule has 2 unspecified atom stereocenters. The highest BCUT2D eigenvalue weighted by Gasteiger charge is 2.74. The van der Waals surface area contributed by atoms with Crippen molar-refractivity contribution in [3.05, 3.63) is 0 Å². The van der Waals surface area contributed by atoms with Gasteiger partial charge >= 0.3 is 43.2 Å². The minimum Gasteiger partial charge on any atom is -0.244 e. The zero-order valence-electron chi connectivity index (χ0n) is 88.7. The lowest BCUT2D eigenvalue weighted by molar-refractivity contribution is -0.364. The van der Waals surface area contributed by atoms with Crippen molar-refractivity contribution in [3.63, 3.8) is 0 Å². The zero-order chi connectivity index (χ0) is 102. The number of hydrogen-bond acceptors (Lipinski definition) is 0. The van der Waals surface area contributed by atoms with Gasteiger partial charge in [-0.3, -0.25) is 0 Å². The third kappa shape index (κ3) is 47.4. The van der Waals surface area contributed by atoms with Crippen LogP contribution in [0.2, 0.25) is 0 Å². The fourth-order valence-corrected chi connectivity index (χ4v) is 19.0. The van der Waals surface area contributed by atoms with E-state index in [1.54, 1.807) is 27.7 Å². The molecule has 127 heavy (non-hydrogen) atoms. The van der Waals surface area contributed by atoms with Gasteiger partial charge in [-0.1, -0.05) is 347 Å². The minimum absolute atomic E-state index is 0.0106. The molecule has 0 N–H and O–H groups in total. The number of fused-ring (bicyclic) bond motifs is 3. The van der Waals surface area contributed by atoms with Crippen LogP contribution in [0.1, 0.15) is 483 Å². The molecule has 0 radical (unpaired) electrons. The van der Waals surface area contributed by atoms with E-state index >= 15 is 0 Å². The molecule has 0 aromatic heterocycles. The molecule has 0 amide bonds. The van der Waals surface area contributed by atoms with Gasteiger partial charge in [0.2, 0.25) is 0 Å². The number of hydrogen-bond donors (Lipinski definition) is 0. The predicted molar refractivity (Wildman–Crippen MR) is 497 cm³/mol. The van der Waals surface area contributed by atoms with Crippen molar-refractivity contribution in [3.8, 4) is 0 Å². The zero-order valence-corrected chi connectivity index (χ0v) is 88.7. The highest BCUT2D eigenvalue weighted by molar-refractivity contribution is 5.03. The maximum atomic E-state index is 13.6. The standard InChI is InChI=1S/C14H20F6.C10H21F.C10H18.C10H22.2C9H12F6.C9H15F3.C9H20.2C7H16.C6H14.C5H12/c1-10-2-4-11(5-3-10)6-8-12(9-7-11,13(15,16)17)14(18,19)20;1-7(2)9(8(3)4)10(5,6)11;1-8-7-9-3-5-10(8,2)6-4-9;1-7-10(6,8-2)9(3,4)5;1-6-2-4-7(5-3-6,8(10,11)12)9(13,14)15;1-6-4-2-3-5-7(6,8(10,11)12)9(13,14)15;1-6-4-3-5-8(7(6)2)9(10,11)12;1-6-8(7-2)9(3,4)5;1-6(2)7(3,4)5;1-5-6-7(2,3)4;1-5-6(2,3)4;1-5(2,3)4/h10H,2-9H2,1H3;7-9H,1-6H3;8-9H,3-7H2,1-2H3;7-8H2,1-6H3;2*6H,2-5H2,1H3;6-8H,3-5H2,1-2H3;8H,6-7H2,1-5H3;6H,1-5H3;5-6H2,1-4H3;5H2,1-4H3;1-4H3/t;;8-,9?,10?;;;6-;6?,7-,8?;;;;;/m..0..11...../s1. The molecule has 8 aliphatic carbocycles. The van der Waals surface area contributed by atoms with Crippen molar-refractivity contribution in [2.75, 3.05) is 0 Å². The summed E-state index contributed by atoms with van der Waals surface area (Å²) in [6, 6.07) is 0. The molecule has 22 heteroatoms. The summed E-state index contributed by atoms with van der Waals surface area (Å²) in [4.78, 5) is 0. The lowest BCUT2D eigenvalue weighted by atomic mass is 9.57.